The summed E-state index contributed by atoms with van der Waals surface area (Å²) in [5, 5.41) is 10.2. The Labute approximate surface area is 147 Å². The topological polar surface area (TPSA) is 23.8 Å². The molecule has 0 atom stereocenters. The number of benzene rings is 3. The van der Waals surface area contributed by atoms with Crippen LogP contribution < -0.4 is 0 Å². The van der Waals surface area contributed by atoms with Crippen molar-refractivity contribution in [3.63, 3.8) is 0 Å². The SMILES string of the molecule is Cc1ccc(-c2ccc(-c3cc(F)c(SC#N)c(F)c3)c(F)c2)cc1. The van der Waals surface area contributed by atoms with E-state index in [0.717, 1.165) is 23.3 Å². The van der Waals surface area contributed by atoms with Gasteiger partial charge in [0.05, 0.1) is 4.90 Å². The third-order valence-electron chi connectivity index (χ3n) is 3.81. The van der Waals surface area contributed by atoms with E-state index in [1.54, 1.807) is 11.5 Å². The van der Waals surface area contributed by atoms with Gasteiger partial charge in [0.25, 0.3) is 0 Å². The zero-order valence-corrected chi connectivity index (χ0v) is 14.0. The highest BCUT2D eigenvalue weighted by Crippen LogP contribution is 2.32. The summed E-state index contributed by atoms with van der Waals surface area (Å²) in [4.78, 5) is -0.386. The van der Waals surface area contributed by atoms with E-state index in [9.17, 15) is 13.2 Å². The molecule has 3 aromatic carbocycles. The minimum Gasteiger partial charge on any atom is -0.206 e. The number of nitriles is 1. The average Bonchev–Trinajstić information content (AvgIpc) is 2.58. The minimum atomic E-state index is -0.886. The number of rotatable bonds is 3. The van der Waals surface area contributed by atoms with Crippen LogP contribution in [-0.4, -0.2) is 0 Å². The van der Waals surface area contributed by atoms with E-state index in [4.69, 9.17) is 5.26 Å². The number of nitrogens with zero attached hydrogens (tertiary/aromatic N) is 1. The van der Waals surface area contributed by atoms with Gasteiger partial charge < -0.3 is 0 Å². The second kappa shape index (κ2) is 7.04. The van der Waals surface area contributed by atoms with E-state index in [1.165, 1.54) is 12.1 Å². The number of halogens is 3. The second-order valence-corrected chi connectivity index (χ2v) is 6.32. The zero-order chi connectivity index (χ0) is 18.0. The van der Waals surface area contributed by atoms with Crippen molar-refractivity contribution in [1.82, 2.24) is 0 Å². The summed E-state index contributed by atoms with van der Waals surface area (Å²) in [6, 6.07) is 14.2. The van der Waals surface area contributed by atoms with Crippen LogP contribution in [0.15, 0.2) is 59.5 Å². The Morgan fingerprint density at radius 3 is 1.88 bits per heavy atom. The Morgan fingerprint density at radius 1 is 0.760 bits per heavy atom. The van der Waals surface area contributed by atoms with Crippen LogP contribution in [0, 0.1) is 35.0 Å². The molecular weight excluding hydrogens is 343 g/mol. The number of thiocyanates is 1. The molecule has 25 heavy (non-hydrogen) atoms. The Bertz CT molecular complexity index is 952. The summed E-state index contributed by atoms with van der Waals surface area (Å²) in [5.41, 5.74) is 2.82. The van der Waals surface area contributed by atoms with Crippen LogP contribution in [0.5, 0.6) is 0 Å². The van der Waals surface area contributed by atoms with Crippen molar-refractivity contribution in [2.24, 2.45) is 0 Å². The van der Waals surface area contributed by atoms with Crippen molar-refractivity contribution < 1.29 is 13.2 Å². The minimum absolute atomic E-state index is 0.0882. The number of thioether (sulfide) groups is 1. The maximum atomic E-state index is 14.5. The quantitative estimate of drug-likeness (QED) is 0.405. The summed E-state index contributed by atoms with van der Waals surface area (Å²) in [5.74, 6) is -2.34. The van der Waals surface area contributed by atoms with Crippen LogP contribution in [0.25, 0.3) is 22.3 Å². The van der Waals surface area contributed by atoms with Gasteiger partial charge in [-0.15, -0.1) is 0 Å². The fourth-order valence-corrected chi connectivity index (χ4v) is 2.94. The van der Waals surface area contributed by atoms with Gasteiger partial charge in [-0.05, 0) is 53.6 Å². The molecule has 5 heteroatoms. The predicted octanol–water partition coefficient (Wildman–Crippen LogP) is 6.32. The van der Waals surface area contributed by atoms with Gasteiger partial charge in [-0.2, -0.15) is 5.26 Å². The molecule has 1 nitrogen and oxygen atoms in total. The van der Waals surface area contributed by atoms with Crippen LogP contribution in [0.3, 0.4) is 0 Å². The first-order chi connectivity index (χ1) is 12.0. The molecule has 124 valence electrons. The van der Waals surface area contributed by atoms with Crippen LogP contribution >= 0.6 is 11.8 Å². The molecule has 0 N–H and O–H groups in total. The monoisotopic (exact) mass is 355 g/mol. The molecule has 0 saturated carbocycles. The van der Waals surface area contributed by atoms with Gasteiger partial charge in [-0.1, -0.05) is 42.0 Å². The summed E-state index contributed by atoms with van der Waals surface area (Å²) < 4.78 is 42.4. The molecule has 0 aliphatic carbocycles. The molecule has 0 heterocycles. The first-order valence-electron chi connectivity index (χ1n) is 7.41. The maximum Gasteiger partial charge on any atom is 0.141 e. The van der Waals surface area contributed by atoms with Crippen LogP contribution in [0.1, 0.15) is 5.56 Å². The molecule has 3 rings (SSSR count). The van der Waals surface area contributed by atoms with Crippen LogP contribution in [0.4, 0.5) is 13.2 Å². The molecule has 0 radical (unpaired) electrons. The van der Waals surface area contributed by atoms with E-state index >= 15 is 0 Å². The summed E-state index contributed by atoms with van der Waals surface area (Å²) in [6.07, 6.45) is 0. The van der Waals surface area contributed by atoms with Gasteiger partial charge in [0, 0.05) is 5.56 Å². The molecule has 0 fully saturated rings. The van der Waals surface area contributed by atoms with Crippen molar-refractivity contribution in [3.05, 3.63) is 77.6 Å². The molecule has 0 saturated heterocycles. The number of hydrogen-bond donors (Lipinski definition) is 0. The normalized spacial score (nSPS) is 10.5. The van der Waals surface area contributed by atoms with E-state index < -0.39 is 17.5 Å². The van der Waals surface area contributed by atoms with Gasteiger partial charge in [0.1, 0.15) is 22.9 Å². The van der Waals surface area contributed by atoms with Crippen molar-refractivity contribution in [2.75, 3.05) is 0 Å². The molecule has 0 aliphatic heterocycles. The van der Waals surface area contributed by atoms with Crippen molar-refractivity contribution in [3.8, 4) is 27.7 Å². The fraction of sp³-hybridized carbons (Fsp3) is 0.0500. The Hall–Kier alpha value is -2.71. The molecule has 0 amide bonds. The molecule has 0 aromatic heterocycles. The lowest BCUT2D eigenvalue weighted by Gasteiger charge is -2.09. The van der Waals surface area contributed by atoms with E-state index in [-0.39, 0.29) is 16.0 Å². The van der Waals surface area contributed by atoms with Crippen LogP contribution in [-0.2, 0) is 0 Å². The van der Waals surface area contributed by atoms with Gasteiger partial charge >= 0.3 is 0 Å². The highest BCUT2D eigenvalue weighted by Gasteiger charge is 2.15. The summed E-state index contributed by atoms with van der Waals surface area (Å²) >= 11 is 0.399. The van der Waals surface area contributed by atoms with Crippen LogP contribution in [0.2, 0.25) is 0 Å². The standard InChI is InChI=1S/C20H12F3NS/c1-12-2-4-13(5-3-12)14-6-7-16(17(21)8-14)15-9-18(22)20(25-11-24)19(23)10-15/h2-10H,1H3. The van der Waals surface area contributed by atoms with E-state index in [2.05, 4.69) is 0 Å². The first kappa shape index (κ1) is 17.1. The van der Waals surface area contributed by atoms with Gasteiger partial charge in [0.15, 0.2) is 0 Å². The lowest BCUT2D eigenvalue weighted by atomic mass is 9.99. The van der Waals surface area contributed by atoms with Crippen molar-refractivity contribution in [1.29, 1.82) is 5.26 Å². The van der Waals surface area contributed by atoms with E-state index in [1.807, 2.05) is 31.2 Å². The molecule has 0 spiro atoms. The summed E-state index contributed by atoms with van der Waals surface area (Å²) in [7, 11) is 0. The molecule has 3 aromatic rings. The van der Waals surface area contributed by atoms with Crippen molar-refractivity contribution in [2.45, 2.75) is 11.8 Å². The third-order valence-corrected chi connectivity index (χ3v) is 4.50. The van der Waals surface area contributed by atoms with E-state index in [0.29, 0.717) is 17.3 Å². The largest absolute Gasteiger partial charge is 0.206 e. The Kier molecular flexibility index (Phi) is 4.82. The zero-order valence-electron chi connectivity index (χ0n) is 13.2. The molecule has 0 bridgehead atoms. The van der Waals surface area contributed by atoms with Crippen molar-refractivity contribution >= 4 is 11.8 Å². The molecular formula is C20H12F3NS. The lowest BCUT2D eigenvalue weighted by molar-refractivity contribution is 0.541. The van der Waals surface area contributed by atoms with Gasteiger partial charge in [-0.25, -0.2) is 13.2 Å². The summed E-state index contributed by atoms with van der Waals surface area (Å²) in [6.45, 7) is 1.96. The predicted molar refractivity (Wildman–Crippen MR) is 93.4 cm³/mol. The smallest absolute Gasteiger partial charge is 0.141 e. The maximum absolute atomic E-state index is 14.5. The fourth-order valence-electron chi connectivity index (χ4n) is 2.53. The third kappa shape index (κ3) is 3.54. The number of aryl methyl sites for hydroxylation is 1. The first-order valence-corrected chi connectivity index (χ1v) is 8.23. The number of hydrogen-bond acceptors (Lipinski definition) is 2. The Morgan fingerprint density at radius 2 is 1.32 bits per heavy atom. The van der Waals surface area contributed by atoms with Gasteiger partial charge in [0.2, 0.25) is 0 Å². The second-order valence-electron chi connectivity index (χ2n) is 5.52. The molecule has 0 unspecified atom stereocenters. The Balaban J connectivity index is 2.02. The highest BCUT2D eigenvalue weighted by molar-refractivity contribution is 8.03. The molecule has 0 aliphatic rings. The average molecular weight is 355 g/mol. The lowest BCUT2D eigenvalue weighted by Crippen LogP contribution is -1.92. The highest BCUT2D eigenvalue weighted by atomic mass is 32.2. The van der Waals surface area contributed by atoms with Gasteiger partial charge in [-0.3, -0.25) is 0 Å².